The van der Waals surface area contributed by atoms with Gasteiger partial charge in [-0.3, -0.25) is 18.6 Å². The van der Waals surface area contributed by atoms with Crippen molar-refractivity contribution in [2.24, 2.45) is 0 Å². The van der Waals surface area contributed by atoms with Crippen LogP contribution >= 0.6 is 19.5 Å². The van der Waals surface area contributed by atoms with E-state index in [1.165, 1.54) is 42.9 Å². The minimum absolute atomic E-state index is 0.0329. The summed E-state index contributed by atoms with van der Waals surface area (Å²) in [5, 5.41) is 2.48. The summed E-state index contributed by atoms with van der Waals surface area (Å²) in [5.74, 6) is 0.203. The summed E-state index contributed by atoms with van der Waals surface area (Å²) in [7, 11) is -0.638. The lowest BCUT2D eigenvalue weighted by molar-refractivity contribution is -0.122. The van der Waals surface area contributed by atoms with E-state index in [1.807, 2.05) is 0 Å². The second-order valence-electron chi connectivity index (χ2n) is 7.55. The number of rotatable bonds is 9. The zero-order valence-corrected chi connectivity index (χ0v) is 19.9. The highest BCUT2D eigenvalue weighted by Gasteiger charge is 2.65. The van der Waals surface area contributed by atoms with Gasteiger partial charge in [-0.25, -0.2) is 14.0 Å². The lowest BCUT2D eigenvalue weighted by Crippen LogP contribution is -2.52. The van der Waals surface area contributed by atoms with Crippen LogP contribution in [0.25, 0.3) is 0 Å². The molecule has 2 saturated heterocycles. The molecule has 0 aliphatic carbocycles. The lowest BCUT2D eigenvalue weighted by Gasteiger charge is -2.36. The summed E-state index contributed by atoms with van der Waals surface area (Å²) in [6.07, 6.45) is -0.737. The number of ether oxygens (including phenoxy) is 3. The molecule has 5 atom stereocenters. The van der Waals surface area contributed by atoms with Gasteiger partial charge in [0.05, 0.1) is 13.2 Å². The van der Waals surface area contributed by atoms with E-state index in [1.54, 1.807) is 6.92 Å². The van der Waals surface area contributed by atoms with E-state index >= 15 is 0 Å². The molecule has 32 heavy (non-hydrogen) atoms. The predicted molar refractivity (Wildman–Crippen MR) is 113 cm³/mol. The third kappa shape index (κ3) is 5.03. The lowest BCUT2D eigenvalue weighted by atomic mass is 9.96. The molecule has 3 rings (SSSR count). The molecule has 1 amide bonds. The van der Waals surface area contributed by atoms with Gasteiger partial charge in [-0.15, -0.1) is 0 Å². The van der Waals surface area contributed by atoms with Crippen molar-refractivity contribution >= 4 is 36.7 Å². The molecule has 0 aromatic rings. The van der Waals surface area contributed by atoms with Crippen molar-refractivity contribution < 1.29 is 42.2 Å². The van der Waals surface area contributed by atoms with Crippen molar-refractivity contribution in [1.29, 1.82) is 0 Å². The van der Waals surface area contributed by atoms with E-state index in [9.17, 15) is 18.9 Å². The van der Waals surface area contributed by atoms with Crippen LogP contribution in [0.3, 0.4) is 0 Å². The van der Waals surface area contributed by atoms with Crippen LogP contribution in [0.15, 0.2) is 24.7 Å². The highest BCUT2D eigenvalue weighted by atomic mass is 32.2. The fourth-order valence-corrected chi connectivity index (χ4v) is 5.21. The van der Waals surface area contributed by atoms with Crippen LogP contribution in [-0.2, 0) is 37.4 Å². The van der Waals surface area contributed by atoms with Crippen molar-refractivity contribution in [1.82, 2.24) is 14.9 Å². The first-order chi connectivity index (χ1) is 15.0. The number of amides is 1. The van der Waals surface area contributed by atoms with Crippen LogP contribution < -0.4 is 5.32 Å². The van der Waals surface area contributed by atoms with Gasteiger partial charge in [-0.05, 0) is 21.0 Å². The molecule has 0 bridgehead atoms. The van der Waals surface area contributed by atoms with Gasteiger partial charge in [0, 0.05) is 25.0 Å². The van der Waals surface area contributed by atoms with E-state index in [4.69, 9.17) is 23.3 Å². The zero-order valence-electron chi connectivity index (χ0n) is 18.1. The highest BCUT2D eigenvalue weighted by molar-refractivity contribution is 8.13. The molecule has 2 unspecified atom stereocenters. The molecule has 1 N–H and O–H groups in total. The number of fused-ring (bicyclic) bond motifs is 1. The Labute approximate surface area is 189 Å². The first-order valence-electron chi connectivity index (χ1n) is 9.68. The van der Waals surface area contributed by atoms with E-state index < -0.39 is 37.9 Å². The Kier molecular flexibility index (Phi) is 7.38. The second kappa shape index (κ2) is 9.54. The Morgan fingerprint density at radius 2 is 2.12 bits per heavy atom. The molecule has 0 aromatic carbocycles. The quantitative estimate of drug-likeness (QED) is 0.284. The third-order valence-corrected chi connectivity index (χ3v) is 7.72. The number of nitrogens with zero attached hydrogens (tertiary/aromatic N) is 2. The van der Waals surface area contributed by atoms with Crippen LogP contribution in [0.2, 0.25) is 0 Å². The summed E-state index contributed by atoms with van der Waals surface area (Å²) in [6.45, 7) is 6.65. The molecule has 0 spiro atoms. The Morgan fingerprint density at radius 1 is 1.41 bits per heavy atom. The topological polar surface area (TPSA) is 133 Å². The molecule has 3 aliphatic heterocycles. The first-order valence-corrected chi connectivity index (χ1v) is 12.2. The summed E-state index contributed by atoms with van der Waals surface area (Å²) in [5.41, 5.74) is -1.25. The Bertz CT molecular complexity index is 882. The average molecular weight is 491 g/mol. The van der Waals surface area contributed by atoms with E-state index in [-0.39, 0.29) is 30.1 Å². The van der Waals surface area contributed by atoms with Gasteiger partial charge < -0.3 is 24.4 Å². The maximum absolute atomic E-state index is 13.1. The maximum atomic E-state index is 13.1. The number of carbonyl (C=O) groups is 3. The molecule has 0 radical (unpaired) electrons. The Morgan fingerprint density at radius 3 is 2.75 bits per heavy atom. The highest BCUT2D eigenvalue weighted by Crippen LogP contribution is 2.51. The summed E-state index contributed by atoms with van der Waals surface area (Å²) < 4.78 is 42.3. The van der Waals surface area contributed by atoms with Crippen LogP contribution in [0.5, 0.6) is 0 Å². The molecular weight excluding hydrogens is 465 g/mol. The molecule has 3 heterocycles. The van der Waals surface area contributed by atoms with Gasteiger partial charge >= 0.3 is 13.9 Å². The second-order valence-corrected chi connectivity index (χ2v) is 11.1. The number of thioether (sulfide) groups is 1. The molecular formula is C18H26N3O9PS. The van der Waals surface area contributed by atoms with Crippen LogP contribution in [0.1, 0.15) is 13.8 Å². The Hall–Kier alpha value is -1.89. The Balaban J connectivity index is 1.72. The first kappa shape index (κ1) is 24.7. The van der Waals surface area contributed by atoms with Gasteiger partial charge in [0.2, 0.25) is 0 Å². The number of hydrogen-bond acceptors (Lipinski definition) is 11. The summed E-state index contributed by atoms with van der Waals surface area (Å²) >= 11 is 1.05. The number of nitrogens with one attached hydrogen (secondary N) is 1. The minimum atomic E-state index is -3.70. The van der Waals surface area contributed by atoms with Crippen molar-refractivity contribution in [2.45, 2.75) is 37.9 Å². The van der Waals surface area contributed by atoms with Crippen LogP contribution in [0, 0.1) is 0 Å². The van der Waals surface area contributed by atoms with Gasteiger partial charge in [0.15, 0.2) is 23.0 Å². The average Bonchev–Trinajstić information content (AvgIpc) is 3.13. The maximum Gasteiger partial charge on any atom is 0.509 e. The standard InChI is InChI=1S/C18H26N3O9PS/c1-11-19-14(23)6-7-21(11)16-18(3)15(29-17(24)30-18)13(28-16)10-27-31(25,20(4)5)26-8-9-32-12(2)22/h6-7,13,15-16H,1,8-10H2,2-5H3,(H,19,23)/t13-,15?,16-,18+,31?/m1/s1. The third-order valence-electron chi connectivity index (χ3n) is 4.98. The monoisotopic (exact) mass is 491 g/mol. The van der Waals surface area contributed by atoms with Gasteiger partial charge in [0.1, 0.15) is 11.9 Å². The zero-order chi connectivity index (χ0) is 23.7. The molecule has 3 aliphatic rings. The van der Waals surface area contributed by atoms with Crippen LogP contribution in [0.4, 0.5) is 4.79 Å². The SMILES string of the molecule is C=C1NC(=O)C=CN1[C@@H]1O[C@H](COP(=O)(OCCSC(C)=O)N(C)C)C2OC(=O)O[C@@]21C. The molecule has 178 valence electrons. The molecule has 12 nitrogen and oxygen atoms in total. The van der Waals surface area contributed by atoms with Crippen molar-refractivity contribution in [3.8, 4) is 0 Å². The summed E-state index contributed by atoms with van der Waals surface area (Å²) in [4.78, 5) is 36.0. The predicted octanol–water partition coefficient (Wildman–Crippen LogP) is 1.40. The van der Waals surface area contributed by atoms with Crippen molar-refractivity contribution in [2.75, 3.05) is 33.1 Å². The van der Waals surface area contributed by atoms with Gasteiger partial charge in [0.25, 0.3) is 5.91 Å². The fraction of sp³-hybridized carbons (Fsp3) is 0.611. The van der Waals surface area contributed by atoms with E-state index in [0.717, 1.165) is 11.8 Å². The normalized spacial score (nSPS) is 31.2. The molecule has 2 fully saturated rings. The van der Waals surface area contributed by atoms with E-state index in [0.29, 0.717) is 5.75 Å². The molecule has 0 aromatic heterocycles. The summed E-state index contributed by atoms with van der Waals surface area (Å²) in [6, 6.07) is 0. The fourth-order valence-electron chi connectivity index (χ4n) is 3.44. The van der Waals surface area contributed by atoms with Gasteiger partial charge in [-0.1, -0.05) is 18.3 Å². The van der Waals surface area contributed by atoms with Crippen LogP contribution in [-0.4, -0.2) is 83.8 Å². The smallest absolute Gasteiger partial charge is 0.424 e. The largest absolute Gasteiger partial charge is 0.509 e. The molecule has 0 saturated carbocycles. The minimum Gasteiger partial charge on any atom is -0.424 e. The number of carbonyl (C=O) groups excluding carboxylic acids is 3. The van der Waals surface area contributed by atoms with Crippen molar-refractivity contribution in [3.05, 3.63) is 24.7 Å². The van der Waals surface area contributed by atoms with Gasteiger partial charge in [-0.2, -0.15) is 0 Å². The van der Waals surface area contributed by atoms with E-state index in [2.05, 4.69) is 11.9 Å². The number of hydrogen-bond donors (Lipinski definition) is 1. The van der Waals surface area contributed by atoms with Crippen molar-refractivity contribution in [3.63, 3.8) is 0 Å². The molecule has 14 heteroatoms.